The molecule has 1 aliphatic heterocycles. The molecule has 0 spiro atoms. The van der Waals surface area contributed by atoms with Gasteiger partial charge in [0.25, 0.3) is 0 Å². The first-order valence-corrected chi connectivity index (χ1v) is 8.59. The molecule has 0 amide bonds. The van der Waals surface area contributed by atoms with Gasteiger partial charge in [0.05, 0.1) is 0 Å². The van der Waals surface area contributed by atoms with Crippen molar-refractivity contribution in [2.75, 3.05) is 44.7 Å². The second kappa shape index (κ2) is 8.22. The summed E-state index contributed by atoms with van der Waals surface area (Å²) >= 11 is 0. The number of benzene rings is 1. The maximum absolute atomic E-state index is 5.16. The monoisotopic (exact) mass is 326 g/mol. The topological polar surface area (TPSA) is 41.5 Å². The van der Waals surface area contributed by atoms with Crippen LogP contribution in [0.1, 0.15) is 17.1 Å². The van der Waals surface area contributed by atoms with Crippen LogP contribution in [0.15, 0.2) is 36.4 Å². The Labute approximate surface area is 144 Å². The quantitative estimate of drug-likeness (QED) is 0.815. The van der Waals surface area contributed by atoms with E-state index in [2.05, 4.69) is 56.2 Å². The van der Waals surface area contributed by atoms with E-state index in [-0.39, 0.29) is 0 Å². The molecule has 0 radical (unpaired) electrons. The van der Waals surface area contributed by atoms with Crippen LogP contribution in [0.4, 0.5) is 5.82 Å². The number of hydrogen-bond acceptors (Lipinski definition) is 5. The van der Waals surface area contributed by atoms with E-state index in [1.165, 1.54) is 5.56 Å². The van der Waals surface area contributed by atoms with E-state index in [1.54, 1.807) is 7.11 Å². The van der Waals surface area contributed by atoms with Gasteiger partial charge >= 0.3 is 0 Å². The summed E-state index contributed by atoms with van der Waals surface area (Å²) in [6.07, 6.45) is 1.12. The Bertz CT molecular complexity index is 639. The van der Waals surface area contributed by atoms with Crippen molar-refractivity contribution in [1.82, 2.24) is 14.9 Å². The predicted octanol–water partition coefficient (Wildman–Crippen LogP) is 2.30. The molecule has 1 aromatic heterocycles. The van der Waals surface area contributed by atoms with Crippen LogP contribution in [0.5, 0.6) is 0 Å². The standard InChI is InChI=1S/C19H26N4O/c1-16-14-19(21-18(20-16)15-24-2)23-12-10-22(11-13-23)9-8-17-6-4-3-5-7-17/h3-7,14H,8-13,15H2,1-2H3. The first-order chi connectivity index (χ1) is 11.7. The number of aromatic nitrogens is 2. The molecule has 0 aliphatic carbocycles. The van der Waals surface area contributed by atoms with E-state index in [0.717, 1.165) is 56.5 Å². The molecule has 1 saturated heterocycles. The molecular formula is C19H26N4O. The van der Waals surface area contributed by atoms with E-state index in [0.29, 0.717) is 6.61 Å². The fourth-order valence-electron chi connectivity index (χ4n) is 3.10. The van der Waals surface area contributed by atoms with Gasteiger partial charge in [-0.15, -0.1) is 0 Å². The van der Waals surface area contributed by atoms with Crippen LogP contribution in [0.25, 0.3) is 0 Å². The van der Waals surface area contributed by atoms with Gasteiger partial charge in [0.2, 0.25) is 0 Å². The van der Waals surface area contributed by atoms with Gasteiger partial charge in [-0.3, -0.25) is 4.90 Å². The summed E-state index contributed by atoms with van der Waals surface area (Å²) in [4.78, 5) is 13.9. The van der Waals surface area contributed by atoms with Crippen molar-refractivity contribution in [3.8, 4) is 0 Å². The second-order valence-electron chi connectivity index (χ2n) is 6.28. The Morgan fingerprint density at radius 2 is 1.79 bits per heavy atom. The van der Waals surface area contributed by atoms with E-state index in [4.69, 9.17) is 4.74 Å². The number of piperazine rings is 1. The SMILES string of the molecule is COCc1nc(C)cc(N2CCN(CCc3ccccc3)CC2)n1. The molecule has 5 heteroatoms. The molecular weight excluding hydrogens is 300 g/mol. The molecule has 1 aliphatic rings. The zero-order chi connectivity index (χ0) is 16.8. The highest BCUT2D eigenvalue weighted by Gasteiger charge is 2.18. The molecule has 3 rings (SSSR count). The summed E-state index contributed by atoms with van der Waals surface area (Å²) in [6.45, 7) is 7.78. The average Bonchev–Trinajstić information content (AvgIpc) is 2.61. The Balaban J connectivity index is 1.53. The molecule has 0 atom stereocenters. The number of methoxy groups -OCH3 is 1. The lowest BCUT2D eigenvalue weighted by Crippen LogP contribution is -2.47. The normalized spacial score (nSPS) is 15.7. The minimum absolute atomic E-state index is 0.464. The summed E-state index contributed by atoms with van der Waals surface area (Å²) in [7, 11) is 1.68. The molecule has 1 fully saturated rings. The lowest BCUT2D eigenvalue weighted by Gasteiger charge is -2.35. The minimum atomic E-state index is 0.464. The van der Waals surface area contributed by atoms with Gasteiger partial charge in [0, 0.05) is 51.6 Å². The van der Waals surface area contributed by atoms with Crippen LogP contribution in [0.2, 0.25) is 0 Å². The number of nitrogens with zero attached hydrogens (tertiary/aromatic N) is 4. The van der Waals surface area contributed by atoms with Crippen molar-refractivity contribution in [2.45, 2.75) is 20.0 Å². The van der Waals surface area contributed by atoms with E-state index in [9.17, 15) is 0 Å². The first kappa shape index (κ1) is 16.9. The molecule has 0 unspecified atom stereocenters. The smallest absolute Gasteiger partial charge is 0.156 e. The summed E-state index contributed by atoms with van der Waals surface area (Å²) in [5.41, 5.74) is 2.41. The Morgan fingerprint density at radius 1 is 1.04 bits per heavy atom. The molecule has 0 bridgehead atoms. The van der Waals surface area contributed by atoms with Gasteiger partial charge in [0.15, 0.2) is 5.82 Å². The lowest BCUT2D eigenvalue weighted by atomic mass is 10.1. The molecule has 2 aromatic rings. The van der Waals surface area contributed by atoms with Gasteiger partial charge in [-0.05, 0) is 18.9 Å². The maximum Gasteiger partial charge on any atom is 0.156 e. The highest BCUT2D eigenvalue weighted by molar-refractivity contribution is 5.40. The van der Waals surface area contributed by atoms with E-state index >= 15 is 0 Å². The number of ether oxygens (including phenoxy) is 1. The van der Waals surface area contributed by atoms with Gasteiger partial charge in [-0.25, -0.2) is 9.97 Å². The molecule has 128 valence electrons. The molecule has 24 heavy (non-hydrogen) atoms. The third-order valence-corrected chi connectivity index (χ3v) is 4.42. The van der Waals surface area contributed by atoms with Gasteiger partial charge in [-0.1, -0.05) is 30.3 Å². The van der Waals surface area contributed by atoms with E-state index < -0.39 is 0 Å². The van der Waals surface area contributed by atoms with Crippen LogP contribution in [-0.4, -0.2) is 54.7 Å². The summed E-state index contributed by atoms with van der Waals surface area (Å²) in [5, 5.41) is 0. The molecule has 0 saturated carbocycles. The van der Waals surface area contributed by atoms with Crippen molar-refractivity contribution in [3.63, 3.8) is 0 Å². The van der Waals surface area contributed by atoms with Crippen LogP contribution in [-0.2, 0) is 17.8 Å². The Morgan fingerprint density at radius 3 is 2.50 bits per heavy atom. The predicted molar refractivity (Wildman–Crippen MR) is 96.3 cm³/mol. The van der Waals surface area contributed by atoms with Crippen LogP contribution in [0, 0.1) is 6.92 Å². The largest absolute Gasteiger partial charge is 0.377 e. The zero-order valence-electron chi connectivity index (χ0n) is 14.6. The second-order valence-corrected chi connectivity index (χ2v) is 6.28. The molecule has 1 aromatic carbocycles. The maximum atomic E-state index is 5.16. The molecule has 5 nitrogen and oxygen atoms in total. The minimum Gasteiger partial charge on any atom is -0.377 e. The van der Waals surface area contributed by atoms with Crippen molar-refractivity contribution in [3.05, 3.63) is 53.5 Å². The first-order valence-electron chi connectivity index (χ1n) is 8.59. The van der Waals surface area contributed by atoms with Crippen LogP contribution < -0.4 is 4.90 Å². The number of rotatable bonds is 6. The highest BCUT2D eigenvalue weighted by Crippen LogP contribution is 2.16. The lowest BCUT2D eigenvalue weighted by molar-refractivity contribution is 0.177. The summed E-state index contributed by atoms with van der Waals surface area (Å²) in [5.74, 6) is 1.79. The van der Waals surface area contributed by atoms with Crippen molar-refractivity contribution >= 4 is 5.82 Å². The highest BCUT2D eigenvalue weighted by atomic mass is 16.5. The van der Waals surface area contributed by atoms with Gasteiger partial charge < -0.3 is 9.64 Å². The number of aryl methyl sites for hydroxylation is 1. The third kappa shape index (κ3) is 4.52. The summed E-state index contributed by atoms with van der Waals surface area (Å²) in [6, 6.07) is 12.8. The van der Waals surface area contributed by atoms with Gasteiger partial charge in [0.1, 0.15) is 12.4 Å². The Kier molecular flexibility index (Phi) is 5.77. The van der Waals surface area contributed by atoms with Gasteiger partial charge in [-0.2, -0.15) is 0 Å². The zero-order valence-corrected chi connectivity index (χ0v) is 14.6. The molecule has 0 N–H and O–H groups in total. The van der Waals surface area contributed by atoms with Crippen LogP contribution >= 0.6 is 0 Å². The molecule has 2 heterocycles. The summed E-state index contributed by atoms with van der Waals surface area (Å²) < 4.78 is 5.16. The van der Waals surface area contributed by atoms with Crippen molar-refractivity contribution in [2.24, 2.45) is 0 Å². The van der Waals surface area contributed by atoms with E-state index in [1.807, 2.05) is 6.92 Å². The number of anilines is 1. The fourth-order valence-corrected chi connectivity index (χ4v) is 3.10. The van der Waals surface area contributed by atoms with Crippen LogP contribution in [0.3, 0.4) is 0 Å². The Hall–Kier alpha value is -1.98. The average molecular weight is 326 g/mol. The number of hydrogen-bond donors (Lipinski definition) is 0. The fraction of sp³-hybridized carbons (Fsp3) is 0.474. The van der Waals surface area contributed by atoms with Crippen molar-refractivity contribution in [1.29, 1.82) is 0 Å². The third-order valence-electron chi connectivity index (χ3n) is 4.42. The van der Waals surface area contributed by atoms with Crippen molar-refractivity contribution < 1.29 is 4.74 Å².